The molecule has 0 heterocycles. The summed E-state index contributed by atoms with van der Waals surface area (Å²) < 4.78 is 26.8. The average molecular weight is 327 g/mol. The van der Waals surface area contributed by atoms with Crippen molar-refractivity contribution in [3.8, 4) is 0 Å². The molecule has 19 heavy (non-hydrogen) atoms. The van der Waals surface area contributed by atoms with Crippen molar-refractivity contribution < 1.29 is 13.6 Å². The molecule has 0 saturated carbocycles. The van der Waals surface area contributed by atoms with Gasteiger partial charge < -0.3 is 11.1 Å². The minimum Gasteiger partial charge on any atom is -0.396 e. The van der Waals surface area contributed by atoms with Crippen LogP contribution in [0.3, 0.4) is 0 Å². The van der Waals surface area contributed by atoms with Crippen molar-refractivity contribution in [2.45, 2.75) is 0 Å². The van der Waals surface area contributed by atoms with Crippen LogP contribution in [0.2, 0.25) is 0 Å². The summed E-state index contributed by atoms with van der Waals surface area (Å²) in [5, 5.41) is 2.39. The van der Waals surface area contributed by atoms with Gasteiger partial charge in [0.1, 0.15) is 11.6 Å². The smallest absolute Gasteiger partial charge is 0.256 e. The summed E-state index contributed by atoms with van der Waals surface area (Å²) in [5.41, 5.74) is 5.42. The number of amides is 1. The largest absolute Gasteiger partial charge is 0.396 e. The molecule has 0 aliphatic carbocycles. The SMILES string of the molecule is Nc1cc(C(=O)Nc2ccccc2F)c(Br)cc1F. The molecule has 0 saturated heterocycles. The number of halogens is 3. The molecule has 0 radical (unpaired) electrons. The Morgan fingerprint density at radius 2 is 1.84 bits per heavy atom. The normalized spacial score (nSPS) is 10.3. The third-order valence-electron chi connectivity index (χ3n) is 2.45. The van der Waals surface area contributed by atoms with Crippen LogP contribution in [0.5, 0.6) is 0 Å². The number of rotatable bonds is 2. The minimum atomic E-state index is -0.630. The van der Waals surface area contributed by atoms with E-state index in [1.807, 2.05) is 0 Å². The quantitative estimate of drug-likeness (QED) is 0.829. The number of nitrogens with one attached hydrogen (secondary N) is 1. The highest BCUT2D eigenvalue weighted by Crippen LogP contribution is 2.24. The number of carbonyl (C=O) groups excluding carboxylic acids is 1. The molecule has 0 aliphatic rings. The van der Waals surface area contributed by atoms with Gasteiger partial charge in [-0.15, -0.1) is 0 Å². The fourth-order valence-electron chi connectivity index (χ4n) is 1.49. The highest BCUT2D eigenvalue weighted by atomic mass is 79.9. The van der Waals surface area contributed by atoms with E-state index in [2.05, 4.69) is 21.2 Å². The van der Waals surface area contributed by atoms with Crippen molar-refractivity contribution >= 4 is 33.2 Å². The Morgan fingerprint density at radius 3 is 2.53 bits per heavy atom. The number of benzene rings is 2. The van der Waals surface area contributed by atoms with E-state index < -0.39 is 17.5 Å². The van der Waals surface area contributed by atoms with E-state index in [0.29, 0.717) is 0 Å². The Kier molecular flexibility index (Phi) is 3.80. The van der Waals surface area contributed by atoms with Gasteiger partial charge in [0.15, 0.2) is 0 Å². The molecule has 1 amide bonds. The van der Waals surface area contributed by atoms with Crippen LogP contribution in [-0.2, 0) is 0 Å². The second-order valence-electron chi connectivity index (χ2n) is 3.79. The first-order valence-corrected chi connectivity index (χ1v) is 6.08. The summed E-state index contributed by atoms with van der Waals surface area (Å²) in [7, 11) is 0. The molecule has 98 valence electrons. The van der Waals surface area contributed by atoms with E-state index in [9.17, 15) is 13.6 Å². The van der Waals surface area contributed by atoms with Gasteiger partial charge >= 0.3 is 0 Å². The van der Waals surface area contributed by atoms with E-state index in [4.69, 9.17) is 5.73 Å². The monoisotopic (exact) mass is 326 g/mol. The van der Waals surface area contributed by atoms with Gasteiger partial charge in [0.25, 0.3) is 5.91 Å². The predicted octanol–water partition coefficient (Wildman–Crippen LogP) is 3.56. The summed E-state index contributed by atoms with van der Waals surface area (Å²) in [6.07, 6.45) is 0. The first-order chi connectivity index (χ1) is 8.99. The highest BCUT2D eigenvalue weighted by molar-refractivity contribution is 9.10. The van der Waals surface area contributed by atoms with Crippen LogP contribution in [0.25, 0.3) is 0 Å². The molecule has 0 spiro atoms. The Morgan fingerprint density at radius 1 is 1.16 bits per heavy atom. The molecule has 0 bridgehead atoms. The van der Waals surface area contributed by atoms with Crippen LogP contribution < -0.4 is 11.1 Å². The van der Waals surface area contributed by atoms with Gasteiger partial charge in [-0.25, -0.2) is 8.78 Å². The van der Waals surface area contributed by atoms with Gasteiger partial charge in [-0.05, 0) is 40.2 Å². The third kappa shape index (κ3) is 2.90. The molecule has 2 aromatic carbocycles. The van der Waals surface area contributed by atoms with Crippen molar-refractivity contribution in [2.24, 2.45) is 0 Å². The van der Waals surface area contributed by atoms with Crippen molar-refractivity contribution in [1.82, 2.24) is 0 Å². The van der Waals surface area contributed by atoms with Gasteiger partial charge in [-0.2, -0.15) is 0 Å². The molecule has 0 aliphatic heterocycles. The molecule has 3 N–H and O–H groups in total. The number of hydrogen-bond donors (Lipinski definition) is 2. The van der Waals surface area contributed by atoms with E-state index in [0.717, 1.165) is 6.07 Å². The van der Waals surface area contributed by atoms with Crippen LogP contribution in [0.15, 0.2) is 40.9 Å². The van der Waals surface area contributed by atoms with Gasteiger partial charge in [0.2, 0.25) is 0 Å². The Balaban J connectivity index is 2.31. The lowest BCUT2D eigenvalue weighted by molar-refractivity contribution is 0.102. The zero-order valence-corrected chi connectivity index (χ0v) is 11.2. The zero-order valence-electron chi connectivity index (χ0n) is 9.58. The molecule has 0 atom stereocenters. The average Bonchev–Trinajstić information content (AvgIpc) is 2.36. The first kappa shape index (κ1) is 13.5. The number of hydrogen-bond acceptors (Lipinski definition) is 2. The Labute approximate surface area is 116 Å². The summed E-state index contributed by atoms with van der Waals surface area (Å²) in [5.74, 6) is -1.76. The topological polar surface area (TPSA) is 55.1 Å². The van der Waals surface area contributed by atoms with Crippen LogP contribution in [0, 0.1) is 11.6 Å². The number of para-hydroxylation sites is 1. The molecule has 6 heteroatoms. The van der Waals surface area contributed by atoms with Crippen molar-refractivity contribution in [3.63, 3.8) is 0 Å². The Bertz CT molecular complexity index is 647. The number of nitrogens with two attached hydrogens (primary N) is 1. The maximum absolute atomic E-state index is 13.4. The van der Waals surface area contributed by atoms with E-state index in [-0.39, 0.29) is 21.4 Å². The maximum atomic E-state index is 13.4. The first-order valence-electron chi connectivity index (χ1n) is 5.29. The zero-order chi connectivity index (χ0) is 14.0. The predicted molar refractivity (Wildman–Crippen MR) is 72.9 cm³/mol. The van der Waals surface area contributed by atoms with E-state index >= 15 is 0 Å². The lowest BCUT2D eigenvalue weighted by atomic mass is 10.1. The second kappa shape index (κ2) is 5.36. The Hall–Kier alpha value is -1.95. The standard InChI is InChI=1S/C13H9BrF2N2O/c14-8-6-10(16)11(17)5-7(8)13(19)18-12-4-2-1-3-9(12)15/h1-6H,17H2,(H,18,19). The second-order valence-corrected chi connectivity index (χ2v) is 4.64. The van der Waals surface area contributed by atoms with Crippen molar-refractivity contribution in [3.05, 3.63) is 58.1 Å². The molecular formula is C13H9BrF2N2O. The maximum Gasteiger partial charge on any atom is 0.256 e. The lowest BCUT2D eigenvalue weighted by Crippen LogP contribution is -2.14. The molecule has 2 rings (SSSR count). The van der Waals surface area contributed by atoms with Gasteiger partial charge in [0, 0.05) is 4.47 Å². The summed E-state index contributed by atoms with van der Waals surface area (Å²) in [6, 6.07) is 8.03. The van der Waals surface area contributed by atoms with Crippen molar-refractivity contribution in [1.29, 1.82) is 0 Å². The molecule has 2 aromatic rings. The molecule has 0 fully saturated rings. The van der Waals surface area contributed by atoms with Gasteiger partial charge in [-0.3, -0.25) is 4.79 Å². The summed E-state index contributed by atoms with van der Waals surface area (Å²) in [4.78, 5) is 12.0. The lowest BCUT2D eigenvalue weighted by Gasteiger charge is -2.09. The van der Waals surface area contributed by atoms with Gasteiger partial charge in [-0.1, -0.05) is 12.1 Å². The molecule has 0 aromatic heterocycles. The van der Waals surface area contributed by atoms with Crippen LogP contribution >= 0.6 is 15.9 Å². The van der Waals surface area contributed by atoms with E-state index in [1.54, 1.807) is 6.07 Å². The van der Waals surface area contributed by atoms with Crippen LogP contribution in [0.1, 0.15) is 10.4 Å². The van der Waals surface area contributed by atoms with Gasteiger partial charge in [0.05, 0.1) is 16.9 Å². The van der Waals surface area contributed by atoms with Crippen LogP contribution in [0.4, 0.5) is 20.2 Å². The number of nitrogen functional groups attached to an aromatic ring is 1. The van der Waals surface area contributed by atoms with E-state index in [1.165, 1.54) is 24.3 Å². The molecule has 0 unspecified atom stereocenters. The highest BCUT2D eigenvalue weighted by Gasteiger charge is 2.14. The fraction of sp³-hybridized carbons (Fsp3) is 0. The minimum absolute atomic E-state index is 0.0438. The fourth-order valence-corrected chi connectivity index (χ4v) is 1.99. The third-order valence-corrected chi connectivity index (χ3v) is 3.11. The summed E-state index contributed by atoms with van der Waals surface area (Å²) >= 11 is 3.06. The van der Waals surface area contributed by atoms with Crippen LogP contribution in [-0.4, -0.2) is 5.91 Å². The molecule has 3 nitrogen and oxygen atoms in total. The molecular weight excluding hydrogens is 318 g/mol. The number of anilines is 2. The summed E-state index contributed by atoms with van der Waals surface area (Å²) in [6.45, 7) is 0. The van der Waals surface area contributed by atoms with Crippen molar-refractivity contribution in [2.75, 3.05) is 11.1 Å². The number of carbonyl (C=O) groups is 1.